The fourth-order valence-electron chi connectivity index (χ4n) is 2.85. The highest BCUT2D eigenvalue weighted by Crippen LogP contribution is 2.38. The maximum absolute atomic E-state index is 12.9. The molecule has 1 aromatic carbocycles. The second-order valence-electron chi connectivity index (χ2n) is 5.58. The van der Waals surface area contributed by atoms with E-state index in [2.05, 4.69) is 0 Å². The van der Waals surface area contributed by atoms with Crippen LogP contribution in [0.15, 0.2) is 24.3 Å². The van der Waals surface area contributed by atoms with Crippen LogP contribution in [0.2, 0.25) is 0 Å². The fraction of sp³-hybridized carbons (Fsp3) is 0.571. The summed E-state index contributed by atoms with van der Waals surface area (Å²) in [7, 11) is -3.08. The number of halogens is 1. The number of sulfone groups is 1. The van der Waals surface area contributed by atoms with Crippen LogP contribution in [0.4, 0.5) is 4.39 Å². The Morgan fingerprint density at radius 1 is 1.20 bits per heavy atom. The summed E-state index contributed by atoms with van der Waals surface area (Å²) in [4.78, 5) is 0. The minimum Gasteiger partial charge on any atom is -0.396 e. The molecule has 0 spiro atoms. The lowest BCUT2D eigenvalue weighted by Crippen LogP contribution is -2.41. The molecule has 4 nitrogen and oxygen atoms in total. The molecule has 1 atom stereocenters. The molecule has 0 aromatic heterocycles. The third-order valence-electron chi connectivity index (χ3n) is 4.20. The molecule has 2 rings (SSSR count). The predicted molar refractivity (Wildman–Crippen MR) is 73.5 cm³/mol. The third-order valence-corrected chi connectivity index (χ3v) is 5.97. The minimum atomic E-state index is -3.08. The van der Waals surface area contributed by atoms with Crippen LogP contribution < -0.4 is 0 Å². The van der Waals surface area contributed by atoms with E-state index in [1.807, 2.05) is 0 Å². The molecule has 0 saturated carbocycles. The Kier molecular flexibility index (Phi) is 4.46. The van der Waals surface area contributed by atoms with Crippen LogP contribution >= 0.6 is 0 Å². The first-order valence-corrected chi connectivity index (χ1v) is 8.39. The molecule has 1 heterocycles. The summed E-state index contributed by atoms with van der Waals surface area (Å²) >= 11 is 0. The first-order valence-electron chi connectivity index (χ1n) is 6.57. The molecule has 1 unspecified atom stereocenters. The molecule has 1 aromatic rings. The third kappa shape index (κ3) is 3.19. The van der Waals surface area contributed by atoms with Crippen LogP contribution in [-0.4, -0.2) is 43.4 Å². The number of benzene rings is 1. The molecular weight excluding hydrogens is 283 g/mol. The Labute approximate surface area is 118 Å². The highest BCUT2D eigenvalue weighted by molar-refractivity contribution is 7.91. The van der Waals surface area contributed by atoms with Gasteiger partial charge in [-0.2, -0.15) is 0 Å². The van der Waals surface area contributed by atoms with Crippen LogP contribution in [0.25, 0.3) is 0 Å². The molecule has 0 bridgehead atoms. The van der Waals surface area contributed by atoms with Crippen LogP contribution in [-0.2, 0) is 16.3 Å². The standard InChI is InChI=1S/C14H19FO4S/c15-13-3-1-11(2-4-13)7-14(9-16,10-17)12-5-6-20(18,19)8-12/h1-4,12,16-17H,5-10H2. The average molecular weight is 302 g/mol. The van der Waals surface area contributed by atoms with Gasteiger partial charge in [0.1, 0.15) is 5.82 Å². The van der Waals surface area contributed by atoms with E-state index in [1.165, 1.54) is 12.1 Å². The molecule has 1 aliphatic rings. The van der Waals surface area contributed by atoms with Crippen molar-refractivity contribution in [3.05, 3.63) is 35.6 Å². The van der Waals surface area contributed by atoms with Crippen molar-refractivity contribution >= 4 is 9.84 Å². The van der Waals surface area contributed by atoms with E-state index < -0.39 is 15.3 Å². The van der Waals surface area contributed by atoms with Gasteiger partial charge < -0.3 is 10.2 Å². The Bertz CT molecular complexity index is 549. The Morgan fingerprint density at radius 3 is 2.25 bits per heavy atom. The second kappa shape index (κ2) is 5.79. The molecule has 1 fully saturated rings. The normalized spacial score (nSPS) is 22.1. The lowest BCUT2D eigenvalue weighted by molar-refractivity contribution is 0.0124. The second-order valence-corrected chi connectivity index (χ2v) is 7.81. The lowest BCUT2D eigenvalue weighted by Gasteiger charge is -2.35. The summed E-state index contributed by atoms with van der Waals surface area (Å²) in [6, 6.07) is 5.83. The van der Waals surface area contributed by atoms with Crippen LogP contribution in [0, 0.1) is 17.2 Å². The van der Waals surface area contributed by atoms with Crippen molar-refractivity contribution in [2.75, 3.05) is 24.7 Å². The Morgan fingerprint density at radius 2 is 1.80 bits per heavy atom. The summed E-state index contributed by atoms with van der Waals surface area (Å²) in [5.74, 6) is -0.527. The van der Waals surface area contributed by atoms with Crippen molar-refractivity contribution in [1.29, 1.82) is 0 Å². The van der Waals surface area contributed by atoms with E-state index in [9.17, 15) is 23.0 Å². The summed E-state index contributed by atoms with van der Waals surface area (Å²) < 4.78 is 36.1. The molecule has 0 radical (unpaired) electrons. The molecule has 0 amide bonds. The van der Waals surface area contributed by atoms with Crippen molar-refractivity contribution in [3.63, 3.8) is 0 Å². The van der Waals surface area contributed by atoms with Gasteiger partial charge in [0.25, 0.3) is 0 Å². The molecule has 20 heavy (non-hydrogen) atoms. The zero-order chi connectivity index (χ0) is 14.8. The van der Waals surface area contributed by atoms with Gasteiger partial charge >= 0.3 is 0 Å². The average Bonchev–Trinajstić information content (AvgIpc) is 2.79. The summed E-state index contributed by atoms with van der Waals surface area (Å²) in [6.07, 6.45) is 0.783. The van der Waals surface area contributed by atoms with E-state index in [-0.39, 0.29) is 36.5 Å². The molecular formula is C14H19FO4S. The number of hydrogen-bond acceptors (Lipinski definition) is 4. The quantitative estimate of drug-likeness (QED) is 0.842. The molecule has 1 aliphatic heterocycles. The first kappa shape index (κ1) is 15.4. The van der Waals surface area contributed by atoms with Gasteiger partial charge in [0.05, 0.1) is 24.7 Å². The fourth-order valence-corrected chi connectivity index (χ4v) is 4.79. The molecule has 1 saturated heterocycles. The number of aliphatic hydroxyl groups is 2. The molecule has 2 N–H and O–H groups in total. The summed E-state index contributed by atoms with van der Waals surface area (Å²) in [6.45, 7) is -0.581. The SMILES string of the molecule is O=S1(=O)CCC(C(CO)(CO)Cc2ccc(F)cc2)C1. The first-order chi connectivity index (χ1) is 9.41. The highest BCUT2D eigenvalue weighted by Gasteiger charge is 2.44. The van der Waals surface area contributed by atoms with Crippen LogP contribution in [0.1, 0.15) is 12.0 Å². The van der Waals surface area contributed by atoms with Crippen molar-refractivity contribution < 1.29 is 23.0 Å². The van der Waals surface area contributed by atoms with Gasteiger partial charge in [-0.25, -0.2) is 12.8 Å². The number of aliphatic hydroxyl groups excluding tert-OH is 2. The zero-order valence-corrected chi connectivity index (χ0v) is 11.9. The van der Waals surface area contributed by atoms with Crippen molar-refractivity contribution in [1.82, 2.24) is 0 Å². The molecule has 0 aliphatic carbocycles. The van der Waals surface area contributed by atoms with Crippen LogP contribution in [0.3, 0.4) is 0 Å². The van der Waals surface area contributed by atoms with Gasteiger partial charge in [0, 0.05) is 5.41 Å². The van der Waals surface area contributed by atoms with E-state index >= 15 is 0 Å². The van der Waals surface area contributed by atoms with Gasteiger partial charge in [-0.1, -0.05) is 12.1 Å². The predicted octanol–water partition coefficient (Wildman–Crippen LogP) is 0.774. The van der Waals surface area contributed by atoms with E-state index in [1.54, 1.807) is 12.1 Å². The smallest absolute Gasteiger partial charge is 0.150 e. The van der Waals surface area contributed by atoms with Gasteiger partial charge in [0.2, 0.25) is 0 Å². The zero-order valence-electron chi connectivity index (χ0n) is 11.1. The van der Waals surface area contributed by atoms with Gasteiger partial charge in [-0.05, 0) is 36.5 Å². The lowest BCUT2D eigenvalue weighted by atomic mass is 9.72. The largest absolute Gasteiger partial charge is 0.396 e. The maximum Gasteiger partial charge on any atom is 0.150 e. The van der Waals surface area contributed by atoms with Crippen molar-refractivity contribution in [3.8, 4) is 0 Å². The number of rotatable bonds is 5. The molecule has 6 heteroatoms. The van der Waals surface area contributed by atoms with Gasteiger partial charge in [-0.3, -0.25) is 0 Å². The maximum atomic E-state index is 12.9. The highest BCUT2D eigenvalue weighted by atomic mass is 32.2. The van der Waals surface area contributed by atoms with Crippen molar-refractivity contribution in [2.45, 2.75) is 12.8 Å². The summed E-state index contributed by atoms with van der Waals surface area (Å²) in [5, 5.41) is 19.4. The van der Waals surface area contributed by atoms with E-state index in [0.717, 1.165) is 5.56 Å². The monoisotopic (exact) mass is 302 g/mol. The van der Waals surface area contributed by atoms with Crippen molar-refractivity contribution in [2.24, 2.45) is 11.3 Å². The summed E-state index contributed by atoms with van der Waals surface area (Å²) in [5.41, 5.74) is -0.0969. The number of hydrogen-bond donors (Lipinski definition) is 2. The Balaban J connectivity index is 2.23. The van der Waals surface area contributed by atoms with Crippen LogP contribution in [0.5, 0.6) is 0 Å². The Hall–Kier alpha value is -0.980. The van der Waals surface area contributed by atoms with E-state index in [0.29, 0.717) is 12.8 Å². The molecule has 112 valence electrons. The topological polar surface area (TPSA) is 74.6 Å². The van der Waals surface area contributed by atoms with Gasteiger partial charge in [-0.15, -0.1) is 0 Å². The van der Waals surface area contributed by atoms with E-state index in [4.69, 9.17) is 0 Å². The van der Waals surface area contributed by atoms with Gasteiger partial charge in [0.15, 0.2) is 9.84 Å². The minimum absolute atomic E-state index is 0.00465.